The number of aromatic nitrogens is 4. The van der Waals surface area contributed by atoms with Crippen molar-refractivity contribution in [2.75, 3.05) is 60.6 Å². The molecule has 2 saturated carbocycles. The Balaban J connectivity index is 0.000000131. The zero-order valence-electron chi connectivity index (χ0n) is 57.9. The molecule has 0 radical (unpaired) electrons. The highest BCUT2D eigenvalue weighted by atomic mass is 16.5. The SMILES string of the molecule is C=Cc1cnc2c(c1)CCc1cc(C)cc(OC)c1C2=C1CCN(B(C)O)CC1.COc1cc(C)cc2c1C(=C1CCN(B(C)O)CC1)c1ncc(C3CC3)cc1CC2.COc1cc(C)cc2c1C(C1CCN(C(=O)Cc3cc[n+](O)cc3)CC1)c1ncc(C3CC3)cc1CC2. The van der Waals surface area contributed by atoms with Crippen LogP contribution >= 0.6 is 0 Å². The van der Waals surface area contributed by atoms with Gasteiger partial charge in [0.25, 0.3) is 0 Å². The van der Waals surface area contributed by atoms with E-state index < -0.39 is 7.05 Å². The number of benzene rings is 3. The maximum atomic E-state index is 13.1. The summed E-state index contributed by atoms with van der Waals surface area (Å²) in [5, 5.41) is 29.4. The zero-order chi connectivity index (χ0) is 66.9. The fraction of sp³-hybridized carbons (Fsp3) is 0.438. The molecule has 1 amide bonds. The Labute approximate surface area is 569 Å². The van der Waals surface area contributed by atoms with Gasteiger partial charge in [0.1, 0.15) is 17.2 Å². The second kappa shape index (κ2) is 29.1. The fourth-order valence-electron chi connectivity index (χ4n) is 16.3. The quantitative estimate of drug-likeness (QED) is 0.0641. The summed E-state index contributed by atoms with van der Waals surface area (Å²) in [6.45, 7) is 19.1. The number of hydrogen-bond acceptors (Lipinski definition) is 12. The number of carbonyl (C=O) groups is 1. The number of ether oxygens (including phenoxy) is 3. The van der Waals surface area contributed by atoms with Gasteiger partial charge in [0, 0.05) is 82.3 Å². The summed E-state index contributed by atoms with van der Waals surface area (Å²) in [7, 11) is 4.53. The van der Waals surface area contributed by atoms with Gasteiger partial charge >= 0.3 is 14.1 Å². The van der Waals surface area contributed by atoms with Crippen LogP contribution in [0.1, 0.15) is 188 Å². The summed E-state index contributed by atoms with van der Waals surface area (Å²) in [5.74, 6) is 5.02. The first-order valence-corrected chi connectivity index (χ1v) is 35.4. The molecule has 5 aliphatic carbocycles. The molecule has 5 fully saturated rings. The van der Waals surface area contributed by atoms with Crippen LogP contribution in [0.3, 0.4) is 0 Å². The Kier molecular flexibility index (Phi) is 20.2. The highest BCUT2D eigenvalue weighted by Gasteiger charge is 2.39. The lowest BCUT2D eigenvalue weighted by atomic mass is 9.75. The molecule has 3 saturated heterocycles. The monoisotopic (exact) mass is 1290 g/mol. The van der Waals surface area contributed by atoms with E-state index in [2.05, 4.69) is 104 Å². The molecule has 0 spiro atoms. The number of nitrogens with zero attached hydrogens (tertiary/aromatic N) is 7. The highest BCUT2D eigenvalue weighted by molar-refractivity contribution is 6.45. The summed E-state index contributed by atoms with van der Waals surface area (Å²) >= 11 is 0. The molecule has 1 unspecified atom stereocenters. The number of methoxy groups -OCH3 is 3. The summed E-state index contributed by atoms with van der Waals surface area (Å²) in [4.78, 5) is 34.5. The number of likely N-dealkylation sites (tertiary alicyclic amines) is 1. The van der Waals surface area contributed by atoms with Gasteiger partial charge < -0.3 is 38.8 Å². The van der Waals surface area contributed by atoms with Gasteiger partial charge in [0.2, 0.25) is 18.3 Å². The standard InChI is InChI=1S/C31H36N3O3.C25H31BN2O2.C24H29BN2O2/c1-20-15-24-5-6-25-18-26(22-3-4-22)19-32-31(25)30(29(24)27(16-20)37-2)23-9-11-33(12-10-23)28(35)17-21-7-13-34(36)14-8-21;1-16-12-19-6-7-20-14-21(17-4-5-17)15-27-25(20)24(23(19)22(13-16)30-3)18-8-10-28(11-9-18)26(2)29;1-5-17-14-20-7-6-19-12-16(2)13-21(29-4)22(19)23(24(20)26-15-17)18-8-10-27(11-9-18)25(3)28/h7-8,13-16,18-19,22-23,30,36H,3-6,9-12,17H2,1-2H3;12-15,17,29H,4-11H2,1-3H3;5,12-15,28H,1,6-11H2,2-4H3/q+1;;. The topological polar surface area (TPSA) is 158 Å². The Morgan fingerprint density at radius 3 is 1.51 bits per heavy atom. The van der Waals surface area contributed by atoms with E-state index in [1.54, 1.807) is 45.9 Å². The van der Waals surface area contributed by atoms with Crippen molar-refractivity contribution in [2.45, 2.75) is 161 Å². The van der Waals surface area contributed by atoms with Gasteiger partial charge in [-0.2, -0.15) is 0 Å². The first-order valence-electron chi connectivity index (χ1n) is 35.4. The van der Waals surface area contributed by atoms with Gasteiger partial charge in [-0.15, -0.1) is 0 Å². The molecule has 3 N–H and O–H groups in total. The van der Waals surface area contributed by atoms with E-state index in [9.17, 15) is 20.0 Å². The fourth-order valence-corrected chi connectivity index (χ4v) is 16.3. The number of hydrogen-bond donors (Lipinski definition) is 3. The summed E-state index contributed by atoms with van der Waals surface area (Å²) < 4.78 is 18.7. The van der Waals surface area contributed by atoms with E-state index in [1.165, 1.54) is 132 Å². The molecule has 96 heavy (non-hydrogen) atoms. The molecule has 0 bridgehead atoms. The zero-order valence-corrected chi connectivity index (χ0v) is 57.9. The predicted molar refractivity (Wildman–Crippen MR) is 382 cm³/mol. The van der Waals surface area contributed by atoms with Crippen molar-refractivity contribution < 1.29 is 39.0 Å². The maximum absolute atomic E-state index is 13.1. The number of amides is 1. The molecule has 3 aliphatic heterocycles. The van der Waals surface area contributed by atoms with Gasteiger partial charge in [-0.25, -0.2) is 0 Å². The largest absolute Gasteiger partial charge is 0.496 e. The van der Waals surface area contributed by atoms with E-state index in [0.717, 1.165) is 167 Å². The third-order valence-electron chi connectivity index (χ3n) is 21.8. The predicted octanol–water partition coefficient (Wildman–Crippen LogP) is 13.0. The van der Waals surface area contributed by atoms with Crippen LogP contribution < -0.4 is 18.9 Å². The second-order valence-electron chi connectivity index (χ2n) is 28.4. The van der Waals surface area contributed by atoms with E-state index >= 15 is 0 Å². The van der Waals surface area contributed by atoms with Crippen LogP contribution in [0.15, 0.2) is 115 Å². The molecule has 8 aliphatic rings. The molecular weight excluding hydrogens is 1190 g/mol. The molecule has 7 heterocycles. The smallest absolute Gasteiger partial charge is 0.376 e. The lowest BCUT2D eigenvalue weighted by Gasteiger charge is -2.37. The normalized spacial score (nSPS) is 18.6. The Bertz CT molecular complexity index is 4110. The summed E-state index contributed by atoms with van der Waals surface area (Å²) in [6.07, 6.45) is 28.4. The minimum absolute atomic E-state index is 0.149. The average Bonchev–Trinajstić information content (AvgIpc) is 1.69. The van der Waals surface area contributed by atoms with Crippen LogP contribution in [0.4, 0.5) is 0 Å². The lowest BCUT2D eigenvalue weighted by Crippen LogP contribution is -2.41. The number of carbonyl (C=O) groups excluding carboxylic acids is 1. The molecule has 3 aromatic carbocycles. The first kappa shape index (κ1) is 66.7. The Morgan fingerprint density at radius 1 is 0.562 bits per heavy atom. The van der Waals surface area contributed by atoms with Crippen LogP contribution in [-0.4, -0.2) is 125 Å². The molecule has 498 valence electrons. The second-order valence-corrected chi connectivity index (χ2v) is 28.4. The molecular formula is C80H96B2N7O7+. The number of aryl methyl sites for hydroxylation is 9. The van der Waals surface area contributed by atoms with Crippen LogP contribution in [0, 0.1) is 26.7 Å². The Hall–Kier alpha value is -7.88. The average molecular weight is 1290 g/mol. The van der Waals surface area contributed by atoms with Crippen molar-refractivity contribution in [2.24, 2.45) is 5.92 Å². The number of fused-ring (bicyclic) bond motifs is 6. The van der Waals surface area contributed by atoms with Crippen molar-refractivity contribution >= 4 is 37.2 Å². The lowest BCUT2D eigenvalue weighted by molar-refractivity contribution is -0.904. The number of pyridine rings is 4. The molecule has 16 heteroatoms. The van der Waals surface area contributed by atoms with Crippen molar-refractivity contribution in [1.82, 2.24) is 29.5 Å². The highest BCUT2D eigenvalue weighted by Crippen LogP contribution is 2.50. The van der Waals surface area contributed by atoms with Crippen molar-refractivity contribution in [3.63, 3.8) is 0 Å². The van der Waals surface area contributed by atoms with Crippen molar-refractivity contribution in [3.8, 4) is 17.2 Å². The molecule has 7 aromatic rings. The minimum atomic E-state index is -0.402. The molecule has 14 nitrogen and oxygen atoms in total. The van der Waals surface area contributed by atoms with Crippen LogP contribution in [-0.2, 0) is 49.7 Å². The number of piperidine rings is 3. The van der Waals surface area contributed by atoms with E-state index in [4.69, 9.17) is 29.2 Å². The van der Waals surface area contributed by atoms with Crippen LogP contribution in [0.25, 0.3) is 17.2 Å². The van der Waals surface area contributed by atoms with E-state index in [1.807, 2.05) is 30.8 Å². The molecule has 1 atom stereocenters. The van der Waals surface area contributed by atoms with Gasteiger partial charge in [-0.05, 0) is 278 Å². The third kappa shape index (κ3) is 14.4. The third-order valence-corrected chi connectivity index (χ3v) is 21.8. The van der Waals surface area contributed by atoms with E-state index in [0.29, 0.717) is 18.3 Å². The van der Waals surface area contributed by atoms with E-state index in [-0.39, 0.29) is 18.9 Å². The van der Waals surface area contributed by atoms with Crippen molar-refractivity contribution in [1.29, 1.82) is 0 Å². The van der Waals surface area contributed by atoms with Gasteiger partial charge in [0.05, 0.1) is 44.8 Å². The minimum Gasteiger partial charge on any atom is -0.496 e. The van der Waals surface area contributed by atoms with Gasteiger partial charge in [-0.1, -0.05) is 54.1 Å². The molecule has 4 aromatic heterocycles. The van der Waals surface area contributed by atoms with Gasteiger partial charge in [0.15, 0.2) is 0 Å². The maximum Gasteiger partial charge on any atom is 0.376 e. The van der Waals surface area contributed by atoms with Crippen LogP contribution in [0.2, 0.25) is 13.6 Å². The Morgan fingerprint density at radius 2 is 1.01 bits per heavy atom. The van der Waals surface area contributed by atoms with Gasteiger partial charge in [-0.3, -0.25) is 25.0 Å². The molecule has 15 rings (SSSR count). The van der Waals surface area contributed by atoms with Crippen LogP contribution in [0.5, 0.6) is 17.2 Å². The summed E-state index contributed by atoms with van der Waals surface area (Å²) in [5.41, 5.74) is 29.3. The summed E-state index contributed by atoms with van der Waals surface area (Å²) in [6, 6.07) is 24.1. The van der Waals surface area contributed by atoms with Crippen molar-refractivity contribution in [3.05, 3.63) is 222 Å². The first-order chi connectivity index (χ1) is 46.6. The number of rotatable bonds is 11.